The summed E-state index contributed by atoms with van der Waals surface area (Å²) in [5, 5.41) is 0. The van der Waals surface area contributed by atoms with Crippen molar-refractivity contribution >= 4 is 29.3 Å². The van der Waals surface area contributed by atoms with Crippen molar-refractivity contribution in [2.75, 3.05) is 33.9 Å². The molecule has 132 valence electrons. The van der Waals surface area contributed by atoms with Crippen LogP contribution in [0.4, 0.5) is 0 Å². The van der Waals surface area contributed by atoms with E-state index in [2.05, 4.69) is 4.74 Å². The van der Waals surface area contributed by atoms with Gasteiger partial charge in [-0.1, -0.05) is 30.3 Å². The fourth-order valence-corrected chi connectivity index (χ4v) is 3.06. The highest BCUT2D eigenvalue weighted by molar-refractivity contribution is 7.16. The molecule has 0 atom stereocenters. The zero-order chi connectivity index (χ0) is 18.1. The van der Waals surface area contributed by atoms with E-state index in [-0.39, 0.29) is 12.5 Å². The van der Waals surface area contributed by atoms with Crippen LogP contribution in [0.1, 0.15) is 4.88 Å². The first-order valence-electron chi connectivity index (χ1n) is 7.82. The van der Waals surface area contributed by atoms with Gasteiger partial charge < -0.3 is 14.4 Å². The van der Waals surface area contributed by atoms with E-state index >= 15 is 0 Å². The van der Waals surface area contributed by atoms with Crippen molar-refractivity contribution in [1.29, 1.82) is 0 Å². The van der Waals surface area contributed by atoms with Gasteiger partial charge in [-0.2, -0.15) is 0 Å². The molecule has 25 heavy (non-hydrogen) atoms. The normalized spacial score (nSPS) is 10.8. The fourth-order valence-electron chi connectivity index (χ4n) is 2.15. The molecule has 1 heterocycles. The minimum Gasteiger partial charge on any atom is -0.468 e. The van der Waals surface area contributed by atoms with Crippen molar-refractivity contribution in [2.24, 2.45) is 0 Å². The second kappa shape index (κ2) is 9.76. The van der Waals surface area contributed by atoms with Gasteiger partial charge in [-0.15, -0.1) is 11.3 Å². The standard InChI is InChI=1S/C19H21NO4S/c1-23-13-12-20(14-19(22)24-2)18(21)11-9-16-8-10-17(25-16)15-6-4-3-5-7-15/h3-11H,12-14H2,1-2H3/b11-9+. The lowest BCUT2D eigenvalue weighted by molar-refractivity contribution is -0.145. The van der Waals surface area contributed by atoms with Crippen molar-refractivity contribution in [1.82, 2.24) is 4.90 Å². The molecular formula is C19H21NO4S. The highest BCUT2D eigenvalue weighted by Gasteiger charge is 2.15. The summed E-state index contributed by atoms with van der Waals surface area (Å²) in [4.78, 5) is 27.3. The molecule has 6 heteroatoms. The van der Waals surface area contributed by atoms with Crippen molar-refractivity contribution in [3.63, 3.8) is 0 Å². The van der Waals surface area contributed by atoms with E-state index < -0.39 is 5.97 Å². The Kier molecular flexibility index (Phi) is 7.37. The van der Waals surface area contributed by atoms with Gasteiger partial charge in [0.1, 0.15) is 6.54 Å². The van der Waals surface area contributed by atoms with Crippen molar-refractivity contribution in [2.45, 2.75) is 0 Å². The Labute approximate surface area is 151 Å². The lowest BCUT2D eigenvalue weighted by atomic mass is 10.2. The second-order valence-corrected chi connectivity index (χ2v) is 6.35. The number of amides is 1. The summed E-state index contributed by atoms with van der Waals surface area (Å²) in [5.74, 6) is -0.711. The van der Waals surface area contributed by atoms with E-state index in [0.29, 0.717) is 13.2 Å². The summed E-state index contributed by atoms with van der Waals surface area (Å²) in [6, 6.07) is 14.1. The van der Waals surface area contributed by atoms with Crippen LogP contribution in [0.5, 0.6) is 0 Å². The Morgan fingerprint density at radius 2 is 1.88 bits per heavy atom. The number of hydrogen-bond acceptors (Lipinski definition) is 5. The van der Waals surface area contributed by atoms with Crippen LogP contribution in [0.2, 0.25) is 0 Å². The van der Waals surface area contributed by atoms with Crippen molar-refractivity contribution in [3.8, 4) is 10.4 Å². The number of benzene rings is 1. The molecule has 0 radical (unpaired) electrons. The molecule has 0 aliphatic rings. The van der Waals surface area contributed by atoms with Gasteiger partial charge in [-0.25, -0.2) is 0 Å². The van der Waals surface area contributed by atoms with Crippen molar-refractivity contribution in [3.05, 3.63) is 53.4 Å². The lowest BCUT2D eigenvalue weighted by Crippen LogP contribution is -2.37. The minimum absolute atomic E-state index is 0.0945. The van der Waals surface area contributed by atoms with E-state index in [1.165, 1.54) is 18.1 Å². The Bertz CT molecular complexity index is 724. The van der Waals surface area contributed by atoms with Gasteiger partial charge in [0.15, 0.2) is 0 Å². The van der Waals surface area contributed by atoms with E-state index in [1.807, 2.05) is 42.5 Å². The highest BCUT2D eigenvalue weighted by atomic mass is 32.1. The number of thiophene rings is 1. The van der Waals surface area contributed by atoms with E-state index in [9.17, 15) is 9.59 Å². The molecular weight excluding hydrogens is 338 g/mol. The number of esters is 1. The minimum atomic E-state index is -0.458. The maximum absolute atomic E-state index is 12.3. The molecule has 1 aromatic carbocycles. The molecule has 2 rings (SSSR count). The Balaban J connectivity index is 2.04. The van der Waals surface area contributed by atoms with Crippen LogP contribution in [-0.4, -0.2) is 50.7 Å². The summed E-state index contributed by atoms with van der Waals surface area (Å²) in [5.41, 5.74) is 1.14. The Morgan fingerprint density at radius 1 is 1.12 bits per heavy atom. The molecule has 0 bridgehead atoms. The SMILES string of the molecule is COCCN(CC(=O)OC)C(=O)/C=C/c1ccc(-c2ccccc2)s1. The smallest absolute Gasteiger partial charge is 0.325 e. The third-order valence-electron chi connectivity index (χ3n) is 3.50. The first kappa shape index (κ1) is 18.9. The molecule has 0 unspecified atom stereocenters. The van der Waals surface area contributed by atoms with Gasteiger partial charge in [-0.3, -0.25) is 9.59 Å². The average Bonchev–Trinajstić information content (AvgIpc) is 3.12. The molecule has 1 aromatic heterocycles. The Morgan fingerprint density at radius 3 is 2.56 bits per heavy atom. The number of carbonyl (C=O) groups excluding carboxylic acids is 2. The number of carbonyl (C=O) groups is 2. The molecule has 0 aliphatic carbocycles. The zero-order valence-corrected chi connectivity index (χ0v) is 15.1. The van der Waals surface area contributed by atoms with Gasteiger partial charge in [0, 0.05) is 29.5 Å². The second-order valence-electron chi connectivity index (χ2n) is 5.23. The monoisotopic (exact) mass is 359 g/mol. The molecule has 5 nitrogen and oxygen atoms in total. The predicted molar refractivity (Wildman–Crippen MR) is 99.3 cm³/mol. The van der Waals surface area contributed by atoms with Gasteiger partial charge >= 0.3 is 5.97 Å². The van der Waals surface area contributed by atoms with Gasteiger partial charge in [-0.05, 0) is 23.8 Å². The number of rotatable bonds is 8. The van der Waals surface area contributed by atoms with Crippen LogP contribution in [0.25, 0.3) is 16.5 Å². The molecule has 0 aliphatic heterocycles. The van der Waals surface area contributed by atoms with E-state index in [1.54, 1.807) is 24.5 Å². The summed E-state index contributed by atoms with van der Waals surface area (Å²) < 4.78 is 9.62. The topological polar surface area (TPSA) is 55.8 Å². The maximum atomic E-state index is 12.3. The van der Waals surface area contributed by atoms with Crippen molar-refractivity contribution < 1.29 is 19.1 Å². The molecule has 0 saturated carbocycles. The molecule has 2 aromatic rings. The third kappa shape index (κ3) is 5.85. The number of hydrogen-bond donors (Lipinski definition) is 0. The molecule has 1 amide bonds. The summed E-state index contributed by atoms with van der Waals surface area (Å²) in [6.07, 6.45) is 3.23. The number of methoxy groups -OCH3 is 2. The Hall–Kier alpha value is -2.44. The van der Waals surface area contributed by atoms with Gasteiger partial charge in [0.05, 0.1) is 13.7 Å². The number of nitrogens with zero attached hydrogens (tertiary/aromatic N) is 1. The summed E-state index contributed by atoms with van der Waals surface area (Å²) >= 11 is 1.60. The highest BCUT2D eigenvalue weighted by Crippen LogP contribution is 2.28. The summed E-state index contributed by atoms with van der Waals surface area (Å²) in [7, 11) is 2.85. The van der Waals surface area contributed by atoms with Crippen LogP contribution in [-0.2, 0) is 19.1 Å². The quantitative estimate of drug-likeness (QED) is 0.537. The lowest BCUT2D eigenvalue weighted by Gasteiger charge is -2.19. The van der Waals surface area contributed by atoms with Gasteiger partial charge in [0.25, 0.3) is 0 Å². The molecule has 0 spiro atoms. The average molecular weight is 359 g/mol. The molecule has 0 N–H and O–H groups in total. The first-order valence-corrected chi connectivity index (χ1v) is 8.63. The first-order chi connectivity index (χ1) is 12.1. The van der Waals surface area contributed by atoms with Crippen LogP contribution < -0.4 is 0 Å². The van der Waals surface area contributed by atoms with Crippen LogP contribution in [0.3, 0.4) is 0 Å². The van der Waals surface area contributed by atoms with Crippen LogP contribution in [0, 0.1) is 0 Å². The van der Waals surface area contributed by atoms with E-state index in [4.69, 9.17) is 4.74 Å². The zero-order valence-electron chi connectivity index (χ0n) is 14.3. The maximum Gasteiger partial charge on any atom is 0.325 e. The van der Waals surface area contributed by atoms with Gasteiger partial charge in [0.2, 0.25) is 5.91 Å². The third-order valence-corrected chi connectivity index (χ3v) is 4.60. The van der Waals surface area contributed by atoms with E-state index in [0.717, 1.165) is 15.3 Å². The molecule has 0 fully saturated rings. The predicted octanol–water partition coefficient (Wildman–Crippen LogP) is 3.08. The number of ether oxygens (including phenoxy) is 2. The molecule has 0 saturated heterocycles. The fraction of sp³-hybridized carbons (Fsp3) is 0.263. The largest absolute Gasteiger partial charge is 0.468 e. The van der Waals surface area contributed by atoms with Crippen LogP contribution >= 0.6 is 11.3 Å². The summed E-state index contributed by atoms with van der Waals surface area (Å²) in [6.45, 7) is 0.588. The van der Waals surface area contributed by atoms with Crippen LogP contribution in [0.15, 0.2) is 48.5 Å².